The molecular formula is C20H19NO. The average molecular weight is 289 g/mol. The third kappa shape index (κ3) is 3.41. The molecule has 0 fully saturated rings. The summed E-state index contributed by atoms with van der Waals surface area (Å²) in [5.74, 6) is 0. The Balaban J connectivity index is 1.80. The number of aromatic nitrogens is 1. The van der Waals surface area contributed by atoms with Crippen LogP contribution in [0.25, 0.3) is 11.3 Å². The van der Waals surface area contributed by atoms with Crippen LogP contribution in [0.15, 0.2) is 79.0 Å². The molecule has 22 heavy (non-hydrogen) atoms. The molecule has 3 aromatic rings. The maximum Gasteiger partial charge on any atom is 0.0807 e. The predicted octanol–water partition coefficient (Wildman–Crippen LogP) is 5.03. The monoisotopic (exact) mass is 289 g/mol. The first-order valence-electron chi connectivity index (χ1n) is 7.50. The van der Waals surface area contributed by atoms with E-state index in [4.69, 9.17) is 4.74 Å². The topological polar surface area (TPSA) is 22.1 Å². The van der Waals surface area contributed by atoms with Crippen molar-refractivity contribution in [2.45, 2.75) is 19.6 Å². The molecule has 0 saturated carbocycles. The van der Waals surface area contributed by atoms with E-state index in [1.807, 2.05) is 54.7 Å². The Morgan fingerprint density at radius 1 is 0.864 bits per heavy atom. The Hall–Kier alpha value is -2.45. The van der Waals surface area contributed by atoms with Crippen LogP contribution in [0.4, 0.5) is 0 Å². The summed E-state index contributed by atoms with van der Waals surface area (Å²) in [4.78, 5) is 4.45. The zero-order chi connectivity index (χ0) is 15.2. The molecule has 2 heteroatoms. The summed E-state index contributed by atoms with van der Waals surface area (Å²) in [5, 5.41) is 0. The van der Waals surface area contributed by atoms with Gasteiger partial charge in [-0.25, -0.2) is 0 Å². The molecule has 2 aromatic carbocycles. The van der Waals surface area contributed by atoms with Crippen LogP contribution in [0.2, 0.25) is 0 Å². The van der Waals surface area contributed by atoms with Gasteiger partial charge in [0.25, 0.3) is 0 Å². The van der Waals surface area contributed by atoms with Crippen LogP contribution in [-0.2, 0) is 11.3 Å². The maximum absolute atomic E-state index is 6.05. The molecule has 1 atom stereocenters. The number of benzene rings is 2. The standard InChI is InChI=1S/C20H19NO/c1-16(22-15-17-9-3-2-4-10-17)18-11-5-6-12-19(18)20-13-7-8-14-21-20/h2-14,16H,15H2,1H3. The van der Waals surface area contributed by atoms with Crippen molar-refractivity contribution in [1.82, 2.24) is 4.98 Å². The summed E-state index contributed by atoms with van der Waals surface area (Å²) >= 11 is 0. The lowest BCUT2D eigenvalue weighted by Gasteiger charge is -2.17. The zero-order valence-corrected chi connectivity index (χ0v) is 12.6. The van der Waals surface area contributed by atoms with Crippen molar-refractivity contribution in [3.63, 3.8) is 0 Å². The molecule has 1 unspecified atom stereocenters. The van der Waals surface area contributed by atoms with Gasteiger partial charge in [0.1, 0.15) is 0 Å². The predicted molar refractivity (Wildman–Crippen MR) is 89.3 cm³/mol. The summed E-state index contributed by atoms with van der Waals surface area (Å²) in [7, 11) is 0. The van der Waals surface area contributed by atoms with Gasteiger partial charge in [-0.05, 0) is 30.2 Å². The summed E-state index contributed by atoms with van der Waals surface area (Å²) in [6.45, 7) is 2.70. The van der Waals surface area contributed by atoms with Crippen molar-refractivity contribution in [3.05, 3.63) is 90.1 Å². The lowest BCUT2D eigenvalue weighted by Crippen LogP contribution is -2.02. The highest BCUT2D eigenvalue weighted by molar-refractivity contribution is 5.63. The Morgan fingerprint density at radius 2 is 1.59 bits per heavy atom. The summed E-state index contributed by atoms with van der Waals surface area (Å²) in [6, 6.07) is 24.5. The third-order valence-corrected chi connectivity index (χ3v) is 3.68. The Bertz CT molecular complexity index is 710. The highest BCUT2D eigenvalue weighted by Gasteiger charge is 2.12. The van der Waals surface area contributed by atoms with Crippen LogP contribution >= 0.6 is 0 Å². The molecule has 1 aromatic heterocycles. The van der Waals surface area contributed by atoms with E-state index in [1.165, 1.54) is 5.56 Å². The number of nitrogens with zero attached hydrogens (tertiary/aromatic N) is 1. The minimum absolute atomic E-state index is 0.0124. The van der Waals surface area contributed by atoms with Crippen molar-refractivity contribution in [2.24, 2.45) is 0 Å². The summed E-state index contributed by atoms with van der Waals surface area (Å²) < 4.78 is 6.05. The second-order valence-electron chi connectivity index (χ2n) is 5.24. The van der Waals surface area contributed by atoms with Gasteiger partial charge >= 0.3 is 0 Å². The fraction of sp³-hybridized carbons (Fsp3) is 0.150. The van der Waals surface area contributed by atoms with E-state index in [2.05, 4.69) is 36.2 Å². The number of rotatable bonds is 5. The number of pyridine rings is 1. The van der Waals surface area contributed by atoms with E-state index in [0.29, 0.717) is 6.61 Å². The maximum atomic E-state index is 6.05. The smallest absolute Gasteiger partial charge is 0.0807 e. The molecule has 0 amide bonds. The highest BCUT2D eigenvalue weighted by Crippen LogP contribution is 2.29. The lowest BCUT2D eigenvalue weighted by atomic mass is 10.00. The minimum Gasteiger partial charge on any atom is -0.369 e. The molecule has 0 bridgehead atoms. The van der Waals surface area contributed by atoms with Crippen LogP contribution in [0.3, 0.4) is 0 Å². The van der Waals surface area contributed by atoms with Gasteiger partial charge in [-0.1, -0.05) is 60.7 Å². The largest absolute Gasteiger partial charge is 0.369 e. The van der Waals surface area contributed by atoms with E-state index in [-0.39, 0.29) is 6.10 Å². The van der Waals surface area contributed by atoms with Crippen molar-refractivity contribution in [3.8, 4) is 11.3 Å². The number of hydrogen-bond acceptors (Lipinski definition) is 2. The minimum atomic E-state index is 0.0124. The van der Waals surface area contributed by atoms with Gasteiger partial charge in [-0.15, -0.1) is 0 Å². The molecule has 0 saturated heterocycles. The SMILES string of the molecule is CC(OCc1ccccc1)c1ccccc1-c1ccccn1. The van der Waals surface area contributed by atoms with Gasteiger partial charge in [0.05, 0.1) is 18.4 Å². The van der Waals surface area contributed by atoms with Crippen LogP contribution in [0, 0.1) is 0 Å². The van der Waals surface area contributed by atoms with Gasteiger partial charge in [0.15, 0.2) is 0 Å². The van der Waals surface area contributed by atoms with Gasteiger partial charge < -0.3 is 4.74 Å². The molecule has 0 radical (unpaired) electrons. The van der Waals surface area contributed by atoms with Crippen molar-refractivity contribution in [2.75, 3.05) is 0 Å². The van der Waals surface area contributed by atoms with Crippen molar-refractivity contribution >= 4 is 0 Å². The van der Waals surface area contributed by atoms with Crippen LogP contribution < -0.4 is 0 Å². The molecule has 0 N–H and O–H groups in total. The van der Waals surface area contributed by atoms with Gasteiger partial charge in [0.2, 0.25) is 0 Å². The fourth-order valence-corrected chi connectivity index (χ4v) is 2.49. The lowest BCUT2D eigenvalue weighted by molar-refractivity contribution is 0.0529. The van der Waals surface area contributed by atoms with Crippen LogP contribution in [-0.4, -0.2) is 4.98 Å². The quantitative estimate of drug-likeness (QED) is 0.657. The molecular weight excluding hydrogens is 270 g/mol. The zero-order valence-electron chi connectivity index (χ0n) is 12.6. The van der Waals surface area contributed by atoms with E-state index in [9.17, 15) is 0 Å². The molecule has 0 aliphatic rings. The summed E-state index contributed by atoms with van der Waals surface area (Å²) in [6.07, 6.45) is 1.83. The first-order chi connectivity index (χ1) is 10.8. The molecule has 0 aliphatic heterocycles. The van der Waals surface area contributed by atoms with Crippen LogP contribution in [0.1, 0.15) is 24.2 Å². The Labute approximate surface area is 131 Å². The second-order valence-corrected chi connectivity index (χ2v) is 5.24. The van der Waals surface area contributed by atoms with Gasteiger partial charge in [0, 0.05) is 11.8 Å². The average Bonchev–Trinajstić information content (AvgIpc) is 2.61. The molecule has 0 spiro atoms. The van der Waals surface area contributed by atoms with Gasteiger partial charge in [-0.2, -0.15) is 0 Å². The Kier molecular flexibility index (Phi) is 4.62. The number of hydrogen-bond donors (Lipinski definition) is 0. The van der Waals surface area contributed by atoms with E-state index in [1.54, 1.807) is 0 Å². The van der Waals surface area contributed by atoms with E-state index >= 15 is 0 Å². The van der Waals surface area contributed by atoms with Crippen molar-refractivity contribution in [1.29, 1.82) is 0 Å². The number of ether oxygens (including phenoxy) is 1. The van der Waals surface area contributed by atoms with E-state index < -0.39 is 0 Å². The fourth-order valence-electron chi connectivity index (χ4n) is 2.49. The Morgan fingerprint density at radius 3 is 2.36 bits per heavy atom. The van der Waals surface area contributed by atoms with Crippen LogP contribution in [0.5, 0.6) is 0 Å². The second kappa shape index (κ2) is 7.01. The van der Waals surface area contributed by atoms with Gasteiger partial charge in [-0.3, -0.25) is 4.98 Å². The highest BCUT2D eigenvalue weighted by atomic mass is 16.5. The third-order valence-electron chi connectivity index (χ3n) is 3.68. The molecule has 1 heterocycles. The first-order valence-corrected chi connectivity index (χ1v) is 7.50. The first kappa shape index (κ1) is 14.5. The van der Waals surface area contributed by atoms with E-state index in [0.717, 1.165) is 16.8 Å². The molecule has 110 valence electrons. The summed E-state index contributed by atoms with van der Waals surface area (Å²) in [5.41, 5.74) is 4.46. The van der Waals surface area contributed by atoms with Crippen molar-refractivity contribution < 1.29 is 4.74 Å². The molecule has 3 rings (SSSR count). The molecule has 2 nitrogen and oxygen atoms in total. The molecule has 0 aliphatic carbocycles. The normalized spacial score (nSPS) is 12.0.